The molecule has 0 atom stereocenters. The lowest BCUT2D eigenvalue weighted by molar-refractivity contribution is -0.130. The zero-order chi connectivity index (χ0) is 17.2. The van der Waals surface area contributed by atoms with Crippen molar-refractivity contribution >= 4 is 17.8 Å². The Balaban J connectivity index is 1.62. The molecule has 1 heterocycles. The maximum absolute atomic E-state index is 12.2. The van der Waals surface area contributed by atoms with Gasteiger partial charge >= 0.3 is 5.97 Å². The number of cyclic esters (lactones) is 1. The summed E-state index contributed by atoms with van der Waals surface area (Å²) in [5.74, 6) is 1.13. The summed E-state index contributed by atoms with van der Waals surface area (Å²) in [6.45, 7) is 0. The quantitative estimate of drug-likeness (QED) is 0.611. The third-order valence-corrected chi connectivity index (χ3v) is 4.80. The lowest BCUT2D eigenvalue weighted by Gasteiger charge is -2.16. The zero-order valence-electron chi connectivity index (χ0n) is 14.2. The van der Waals surface area contributed by atoms with Crippen LogP contribution in [0.25, 0.3) is 11.8 Å². The molecule has 2 aliphatic rings. The van der Waals surface area contributed by atoms with Crippen LogP contribution in [0.5, 0.6) is 5.75 Å². The molecule has 1 aliphatic heterocycles. The molecule has 3 heteroatoms. The molecule has 126 valence electrons. The van der Waals surface area contributed by atoms with Gasteiger partial charge in [0.15, 0.2) is 0 Å². The van der Waals surface area contributed by atoms with Crippen LogP contribution in [0.1, 0.15) is 35.1 Å². The van der Waals surface area contributed by atoms with Crippen molar-refractivity contribution in [2.24, 2.45) is 0 Å². The average molecular weight is 332 g/mol. The highest BCUT2D eigenvalue weighted by Crippen LogP contribution is 2.31. The van der Waals surface area contributed by atoms with E-state index in [1.165, 1.54) is 24.0 Å². The van der Waals surface area contributed by atoms with Crippen molar-refractivity contribution in [2.75, 3.05) is 7.11 Å². The van der Waals surface area contributed by atoms with Gasteiger partial charge in [-0.3, -0.25) is 0 Å². The molecular formula is C22H20O3. The molecule has 25 heavy (non-hydrogen) atoms. The summed E-state index contributed by atoms with van der Waals surface area (Å²) >= 11 is 0. The number of hydrogen-bond donors (Lipinski definition) is 0. The fourth-order valence-corrected chi connectivity index (χ4v) is 3.40. The van der Waals surface area contributed by atoms with E-state index in [0.717, 1.165) is 29.7 Å². The van der Waals surface area contributed by atoms with E-state index in [-0.39, 0.29) is 5.97 Å². The smallest absolute Gasteiger partial charge is 0.343 e. The lowest BCUT2D eigenvalue weighted by Crippen LogP contribution is -2.03. The monoisotopic (exact) mass is 332 g/mol. The van der Waals surface area contributed by atoms with E-state index in [0.29, 0.717) is 11.3 Å². The topological polar surface area (TPSA) is 35.5 Å². The molecule has 0 amide bonds. The molecule has 1 aliphatic carbocycles. The van der Waals surface area contributed by atoms with E-state index < -0.39 is 0 Å². The second-order valence-corrected chi connectivity index (χ2v) is 6.46. The second kappa shape index (κ2) is 6.60. The predicted octanol–water partition coefficient (Wildman–Crippen LogP) is 4.56. The molecule has 0 spiro atoms. The zero-order valence-corrected chi connectivity index (χ0v) is 14.2. The SMILES string of the molecule is COc1ccc(/C=C2\C=C(c3ccc4c(c3)CCCC4)OC2=O)cc1. The van der Waals surface area contributed by atoms with Gasteiger partial charge in [-0.25, -0.2) is 4.79 Å². The standard InChI is InChI=1S/C22H20O3/c1-24-20-10-6-15(7-11-20)12-19-14-21(25-22(19)23)18-9-8-16-4-2-3-5-17(16)13-18/h6-14H,2-5H2,1H3/b19-12+. The highest BCUT2D eigenvalue weighted by Gasteiger charge is 2.23. The number of benzene rings is 2. The van der Waals surface area contributed by atoms with Gasteiger partial charge in [0.2, 0.25) is 0 Å². The van der Waals surface area contributed by atoms with Crippen molar-refractivity contribution in [3.05, 3.63) is 76.4 Å². The number of carbonyl (C=O) groups is 1. The first-order chi connectivity index (χ1) is 12.2. The van der Waals surface area contributed by atoms with Crippen LogP contribution in [0.3, 0.4) is 0 Å². The van der Waals surface area contributed by atoms with Crippen LogP contribution < -0.4 is 4.74 Å². The third kappa shape index (κ3) is 3.22. The Morgan fingerprint density at radius 1 is 1.00 bits per heavy atom. The first-order valence-electron chi connectivity index (χ1n) is 8.65. The van der Waals surface area contributed by atoms with E-state index in [9.17, 15) is 4.79 Å². The average Bonchev–Trinajstić information content (AvgIpc) is 3.02. The Hall–Kier alpha value is -2.81. The minimum atomic E-state index is -0.302. The normalized spacial score (nSPS) is 17.9. The molecule has 0 unspecified atom stereocenters. The van der Waals surface area contributed by atoms with Crippen LogP contribution in [0.4, 0.5) is 0 Å². The number of rotatable bonds is 3. The van der Waals surface area contributed by atoms with Gasteiger partial charge in [-0.2, -0.15) is 0 Å². The van der Waals surface area contributed by atoms with Crippen LogP contribution in [0, 0.1) is 0 Å². The summed E-state index contributed by atoms with van der Waals surface area (Å²) in [4.78, 5) is 12.2. The van der Waals surface area contributed by atoms with Crippen molar-refractivity contribution in [2.45, 2.75) is 25.7 Å². The molecule has 0 fully saturated rings. The Labute approximate surface area is 147 Å². The van der Waals surface area contributed by atoms with E-state index >= 15 is 0 Å². The van der Waals surface area contributed by atoms with Crippen molar-refractivity contribution in [1.29, 1.82) is 0 Å². The molecule has 0 aromatic heterocycles. The molecule has 4 rings (SSSR count). The molecular weight excluding hydrogens is 312 g/mol. The van der Waals surface area contributed by atoms with Gasteiger partial charge in [-0.15, -0.1) is 0 Å². The molecule has 0 bridgehead atoms. The molecule has 0 saturated heterocycles. The van der Waals surface area contributed by atoms with Gasteiger partial charge in [0, 0.05) is 5.56 Å². The predicted molar refractivity (Wildman–Crippen MR) is 98.1 cm³/mol. The molecule has 2 aromatic rings. The molecule has 0 N–H and O–H groups in total. The highest BCUT2D eigenvalue weighted by molar-refractivity contribution is 6.05. The minimum Gasteiger partial charge on any atom is -0.497 e. The second-order valence-electron chi connectivity index (χ2n) is 6.46. The fraction of sp³-hybridized carbons (Fsp3) is 0.227. The molecule has 3 nitrogen and oxygen atoms in total. The first-order valence-corrected chi connectivity index (χ1v) is 8.65. The van der Waals surface area contributed by atoms with Crippen LogP contribution in [0.2, 0.25) is 0 Å². The summed E-state index contributed by atoms with van der Waals surface area (Å²) in [6, 6.07) is 14.0. The van der Waals surface area contributed by atoms with Crippen LogP contribution >= 0.6 is 0 Å². The van der Waals surface area contributed by atoms with E-state index in [1.54, 1.807) is 7.11 Å². The number of ether oxygens (including phenoxy) is 2. The maximum atomic E-state index is 12.2. The fourth-order valence-electron chi connectivity index (χ4n) is 3.40. The van der Waals surface area contributed by atoms with Gasteiger partial charge in [-0.1, -0.05) is 24.3 Å². The molecule has 0 saturated carbocycles. The van der Waals surface area contributed by atoms with Crippen molar-refractivity contribution in [1.82, 2.24) is 0 Å². The summed E-state index contributed by atoms with van der Waals surface area (Å²) in [5, 5.41) is 0. The Morgan fingerprint density at radius 3 is 2.52 bits per heavy atom. The van der Waals surface area contributed by atoms with Gasteiger partial charge < -0.3 is 9.47 Å². The van der Waals surface area contributed by atoms with Gasteiger partial charge in [0.25, 0.3) is 0 Å². The van der Waals surface area contributed by atoms with Crippen LogP contribution in [0.15, 0.2) is 54.1 Å². The summed E-state index contributed by atoms with van der Waals surface area (Å²) in [7, 11) is 1.63. The number of fused-ring (bicyclic) bond motifs is 1. The number of esters is 1. The van der Waals surface area contributed by atoms with Crippen LogP contribution in [-0.4, -0.2) is 13.1 Å². The van der Waals surface area contributed by atoms with Gasteiger partial charge in [0.05, 0.1) is 12.7 Å². The highest BCUT2D eigenvalue weighted by atomic mass is 16.5. The lowest BCUT2D eigenvalue weighted by atomic mass is 9.90. The van der Waals surface area contributed by atoms with E-state index in [2.05, 4.69) is 18.2 Å². The van der Waals surface area contributed by atoms with Gasteiger partial charge in [-0.05, 0) is 72.7 Å². The van der Waals surface area contributed by atoms with Crippen molar-refractivity contribution < 1.29 is 14.3 Å². The van der Waals surface area contributed by atoms with E-state index in [4.69, 9.17) is 9.47 Å². The number of methoxy groups -OCH3 is 1. The largest absolute Gasteiger partial charge is 0.497 e. The minimum absolute atomic E-state index is 0.302. The van der Waals surface area contributed by atoms with E-state index in [1.807, 2.05) is 36.4 Å². The van der Waals surface area contributed by atoms with Crippen LogP contribution in [-0.2, 0) is 22.4 Å². The van der Waals surface area contributed by atoms with Crippen molar-refractivity contribution in [3.8, 4) is 5.75 Å². The summed E-state index contributed by atoms with van der Waals surface area (Å²) in [6.07, 6.45) is 8.43. The maximum Gasteiger partial charge on any atom is 0.343 e. The third-order valence-electron chi connectivity index (χ3n) is 4.80. The van der Waals surface area contributed by atoms with Gasteiger partial charge in [0.1, 0.15) is 11.5 Å². The Bertz CT molecular complexity index is 873. The Kier molecular flexibility index (Phi) is 4.14. The number of aryl methyl sites for hydroxylation is 2. The first kappa shape index (κ1) is 15.7. The summed E-state index contributed by atoms with van der Waals surface area (Å²) in [5.41, 5.74) is 5.29. The molecule has 2 aromatic carbocycles. The molecule has 0 radical (unpaired) electrons. The van der Waals surface area contributed by atoms with Crippen molar-refractivity contribution in [3.63, 3.8) is 0 Å². The summed E-state index contributed by atoms with van der Waals surface area (Å²) < 4.78 is 10.7. The Morgan fingerprint density at radius 2 is 1.76 bits per heavy atom. The number of hydrogen-bond acceptors (Lipinski definition) is 3. The number of carbonyl (C=O) groups excluding carboxylic acids is 1.